The predicted octanol–water partition coefficient (Wildman–Crippen LogP) is 3.76. The van der Waals surface area contributed by atoms with Crippen molar-refractivity contribution in [3.63, 3.8) is 0 Å². The second kappa shape index (κ2) is 4.34. The van der Waals surface area contributed by atoms with Crippen LogP contribution in [0, 0.1) is 17.3 Å². The summed E-state index contributed by atoms with van der Waals surface area (Å²) in [4.78, 5) is 11.4. The molecule has 3 atom stereocenters. The maximum absolute atomic E-state index is 11.4. The van der Waals surface area contributed by atoms with Gasteiger partial charge < -0.3 is 0 Å². The summed E-state index contributed by atoms with van der Waals surface area (Å²) in [6, 6.07) is 0. The molecule has 1 aliphatic rings. The third-order valence-electron chi connectivity index (χ3n) is 3.98. The van der Waals surface area contributed by atoms with E-state index in [0.717, 1.165) is 19.3 Å². The summed E-state index contributed by atoms with van der Waals surface area (Å²) in [6.07, 6.45) is 5.05. The molecule has 0 saturated heterocycles. The van der Waals surface area contributed by atoms with Crippen molar-refractivity contribution in [2.75, 3.05) is 0 Å². The van der Waals surface area contributed by atoms with Gasteiger partial charge in [-0.3, -0.25) is 4.79 Å². The van der Waals surface area contributed by atoms with Gasteiger partial charge in [0.05, 0.1) is 0 Å². The Morgan fingerprint density at radius 3 is 2.47 bits per heavy atom. The van der Waals surface area contributed by atoms with Crippen molar-refractivity contribution in [1.29, 1.82) is 0 Å². The summed E-state index contributed by atoms with van der Waals surface area (Å²) in [6.45, 7) is 14.0. The number of ketones is 1. The minimum atomic E-state index is 0.137. The molecular weight excluding hydrogens is 184 g/mol. The molecule has 0 bridgehead atoms. The van der Waals surface area contributed by atoms with E-state index in [1.807, 2.05) is 6.08 Å². The lowest BCUT2D eigenvalue weighted by atomic mass is 9.62. The quantitative estimate of drug-likeness (QED) is 0.643. The monoisotopic (exact) mass is 206 g/mol. The molecule has 2 unspecified atom stereocenters. The Bertz CT molecular complexity index is 290. The minimum absolute atomic E-state index is 0.137. The van der Waals surface area contributed by atoms with Gasteiger partial charge in [-0.1, -0.05) is 25.2 Å². The molecule has 84 valence electrons. The predicted molar refractivity (Wildman–Crippen MR) is 64.6 cm³/mol. The average Bonchev–Trinajstić information content (AvgIpc) is 2.17. The van der Waals surface area contributed by atoms with E-state index in [0.29, 0.717) is 11.7 Å². The molecule has 1 rings (SSSR count). The summed E-state index contributed by atoms with van der Waals surface area (Å²) in [5.41, 5.74) is 1.32. The van der Waals surface area contributed by atoms with Crippen molar-refractivity contribution in [3.8, 4) is 0 Å². The smallest absolute Gasteiger partial charge is 0.132 e. The molecule has 1 saturated carbocycles. The summed E-state index contributed by atoms with van der Waals surface area (Å²) in [7, 11) is 0. The number of hydrogen-bond donors (Lipinski definition) is 0. The van der Waals surface area contributed by atoms with Crippen LogP contribution in [0.15, 0.2) is 24.8 Å². The van der Waals surface area contributed by atoms with Crippen LogP contribution in [0.3, 0.4) is 0 Å². The fourth-order valence-corrected chi connectivity index (χ4v) is 2.71. The fraction of sp³-hybridized carbons (Fsp3) is 0.643. The molecule has 0 aromatic heterocycles. The number of rotatable bonds is 3. The van der Waals surface area contributed by atoms with E-state index >= 15 is 0 Å². The van der Waals surface area contributed by atoms with E-state index in [1.54, 1.807) is 6.92 Å². The van der Waals surface area contributed by atoms with Gasteiger partial charge in [0.1, 0.15) is 5.78 Å². The number of Topliss-reactive ketones (excluding diaryl/α,β-unsaturated/α-hetero) is 1. The third-order valence-corrected chi connectivity index (χ3v) is 3.98. The first-order valence-electron chi connectivity index (χ1n) is 5.70. The fourth-order valence-electron chi connectivity index (χ4n) is 2.71. The van der Waals surface area contributed by atoms with Gasteiger partial charge in [-0.05, 0) is 44.4 Å². The van der Waals surface area contributed by atoms with Crippen LogP contribution < -0.4 is 0 Å². The summed E-state index contributed by atoms with van der Waals surface area (Å²) in [5, 5.41) is 0. The Kier molecular flexibility index (Phi) is 3.54. The molecule has 0 aliphatic heterocycles. The van der Waals surface area contributed by atoms with E-state index in [1.165, 1.54) is 5.57 Å². The van der Waals surface area contributed by atoms with Crippen molar-refractivity contribution in [3.05, 3.63) is 24.8 Å². The zero-order valence-corrected chi connectivity index (χ0v) is 10.2. The van der Waals surface area contributed by atoms with Crippen molar-refractivity contribution in [2.45, 2.75) is 40.0 Å². The van der Waals surface area contributed by atoms with Gasteiger partial charge in [0.15, 0.2) is 0 Å². The second-order valence-corrected chi connectivity index (χ2v) is 5.19. The third kappa shape index (κ3) is 2.39. The van der Waals surface area contributed by atoms with Crippen LogP contribution in [-0.2, 0) is 4.79 Å². The van der Waals surface area contributed by atoms with E-state index in [2.05, 4.69) is 27.0 Å². The molecule has 0 aromatic rings. The van der Waals surface area contributed by atoms with Gasteiger partial charge in [0.25, 0.3) is 0 Å². The Morgan fingerprint density at radius 2 is 2.07 bits per heavy atom. The highest BCUT2D eigenvalue weighted by Crippen LogP contribution is 2.47. The SMILES string of the molecule is C=C[C@@]1(C)CCC(C(C)=O)CC1C(=C)C. The largest absolute Gasteiger partial charge is 0.300 e. The van der Waals surface area contributed by atoms with Crippen molar-refractivity contribution in [2.24, 2.45) is 17.3 Å². The first-order chi connectivity index (χ1) is 6.90. The molecule has 0 amide bonds. The van der Waals surface area contributed by atoms with Gasteiger partial charge in [0.2, 0.25) is 0 Å². The second-order valence-electron chi connectivity index (χ2n) is 5.19. The molecule has 0 N–H and O–H groups in total. The van der Waals surface area contributed by atoms with Crippen LogP contribution in [-0.4, -0.2) is 5.78 Å². The highest BCUT2D eigenvalue weighted by Gasteiger charge is 2.39. The summed E-state index contributed by atoms with van der Waals surface area (Å²) in [5.74, 6) is 0.977. The minimum Gasteiger partial charge on any atom is -0.300 e. The molecule has 1 heteroatoms. The molecule has 0 radical (unpaired) electrons. The first-order valence-corrected chi connectivity index (χ1v) is 5.70. The average molecular weight is 206 g/mol. The van der Waals surface area contributed by atoms with E-state index in [-0.39, 0.29) is 11.3 Å². The van der Waals surface area contributed by atoms with Crippen molar-refractivity contribution >= 4 is 5.78 Å². The maximum atomic E-state index is 11.4. The maximum Gasteiger partial charge on any atom is 0.132 e. The van der Waals surface area contributed by atoms with Crippen LogP contribution in [0.25, 0.3) is 0 Å². The lowest BCUT2D eigenvalue weighted by Crippen LogP contribution is -2.35. The topological polar surface area (TPSA) is 17.1 Å². The van der Waals surface area contributed by atoms with Gasteiger partial charge in [-0.15, -0.1) is 6.58 Å². The standard InChI is InChI=1S/C14H22O/c1-6-14(5)8-7-12(11(4)15)9-13(14)10(2)3/h6,12-13H,1-2,7-9H2,3-5H3/t12?,13?,14-/m0/s1. The normalized spacial score (nSPS) is 35.9. The molecule has 0 heterocycles. The van der Waals surface area contributed by atoms with Crippen molar-refractivity contribution < 1.29 is 4.79 Å². The zero-order chi connectivity index (χ0) is 11.6. The van der Waals surface area contributed by atoms with Crippen LogP contribution in [0.2, 0.25) is 0 Å². The van der Waals surface area contributed by atoms with Crippen LogP contribution in [0.5, 0.6) is 0 Å². The van der Waals surface area contributed by atoms with E-state index in [9.17, 15) is 4.79 Å². The van der Waals surface area contributed by atoms with Gasteiger partial charge in [-0.25, -0.2) is 0 Å². The van der Waals surface area contributed by atoms with E-state index in [4.69, 9.17) is 0 Å². The zero-order valence-electron chi connectivity index (χ0n) is 10.2. The molecule has 0 aromatic carbocycles. The van der Waals surface area contributed by atoms with Crippen LogP contribution in [0.4, 0.5) is 0 Å². The Labute approximate surface area is 93.3 Å². The van der Waals surface area contributed by atoms with Crippen LogP contribution in [0.1, 0.15) is 40.0 Å². The molecule has 1 aliphatic carbocycles. The first kappa shape index (κ1) is 12.2. The number of allylic oxidation sites excluding steroid dienone is 2. The Morgan fingerprint density at radius 1 is 1.47 bits per heavy atom. The lowest BCUT2D eigenvalue weighted by molar-refractivity contribution is -0.122. The molecule has 15 heavy (non-hydrogen) atoms. The highest BCUT2D eigenvalue weighted by molar-refractivity contribution is 5.78. The molecular formula is C14H22O. The number of carbonyl (C=O) groups excluding carboxylic acids is 1. The number of carbonyl (C=O) groups is 1. The summed E-state index contributed by atoms with van der Waals surface area (Å²) < 4.78 is 0. The van der Waals surface area contributed by atoms with Crippen molar-refractivity contribution in [1.82, 2.24) is 0 Å². The summed E-state index contributed by atoms with van der Waals surface area (Å²) >= 11 is 0. The Hall–Kier alpha value is -0.850. The molecule has 1 fully saturated rings. The van der Waals surface area contributed by atoms with Gasteiger partial charge in [0, 0.05) is 5.92 Å². The number of hydrogen-bond acceptors (Lipinski definition) is 1. The van der Waals surface area contributed by atoms with Gasteiger partial charge >= 0.3 is 0 Å². The van der Waals surface area contributed by atoms with Crippen LogP contribution >= 0.6 is 0 Å². The lowest BCUT2D eigenvalue weighted by Gasteiger charge is -2.42. The molecule has 1 nitrogen and oxygen atoms in total. The highest BCUT2D eigenvalue weighted by atomic mass is 16.1. The molecule has 0 spiro atoms. The van der Waals surface area contributed by atoms with E-state index < -0.39 is 0 Å². The Balaban J connectivity index is 2.88. The van der Waals surface area contributed by atoms with Gasteiger partial charge in [-0.2, -0.15) is 0 Å².